The Morgan fingerprint density at radius 1 is 1.42 bits per heavy atom. The third kappa shape index (κ3) is 3.08. The Morgan fingerprint density at radius 3 is 2.84 bits per heavy atom. The average molecular weight is 373 g/mol. The van der Waals surface area contributed by atoms with E-state index in [1.807, 2.05) is 18.2 Å². The number of halogens is 1. The minimum absolute atomic E-state index is 0.0828. The largest absolute Gasteiger partial charge is 0.464 e. The van der Waals surface area contributed by atoms with Crippen LogP contribution in [0.15, 0.2) is 24.3 Å². The van der Waals surface area contributed by atoms with Crippen LogP contribution in [0.25, 0.3) is 0 Å². The van der Waals surface area contributed by atoms with Crippen molar-refractivity contribution < 1.29 is 14.3 Å². The van der Waals surface area contributed by atoms with E-state index < -0.39 is 6.04 Å². The summed E-state index contributed by atoms with van der Waals surface area (Å²) in [5.74, 6) is -0.375. The van der Waals surface area contributed by atoms with Gasteiger partial charge >= 0.3 is 5.97 Å². The second kappa shape index (κ2) is 6.36. The van der Waals surface area contributed by atoms with Crippen LogP contribution in [0.5, 0.6) is 0 Å². The molecule has 1 aliphatic heterocycles. The van der Waals surface area contributed by atoms with Crippen LogP contribution in [0.3, 0.4) is 0 Å². The van der Waals surface area contributed by atoms with Gasteiger partial charge in [-0.25, -0.2) is 4.79 Å². The lowest BCUT2D eigenvalue weighted by atomic mass is 10.1. The van der Waals surface area contributed by atoms with E-state index in [4.69, 9.17) is 4.74 Å². The van der Waals surface area contributed by atoms with Crippen LogP contribution < -0.4 is 0 Å². The highest BCUT2D eigenvalue weighted by Gasteiger charge is 2.35. The van der Waals surface area contributed by atoms with Crippen molar-refractivity contribution >= 4 is 34.5 Å². The topological polar surface area (TPSA) is 46.6 Å². The number of ether oxygens (including phenoxy) is 1. The molecule has 1 aromatic carbocycles. The van der Waals surface area contributed by atoms with Gasteiger partial charge < -0.3 is 9.64 Å². The Balaban J connectivity index is 2.19. The highest BCUT2D eigenvalue weighted by Crippen LogP contribution is 2.23. The zero-order chi connectivity index (χ0) is 13.8. The third-order valence-corrected chi connectivity index (χ3v) is 4.12. The number of amides is 1. The van der Waals surface area contributed by atoms with E-state index in [9.17, 15) is 9.59 Å². The lowest BCUT2D eigenvalue weighted by Gasteiger charge is -2.23. The van der Waals surface area contributed by atoms with Crippen molar-refractivity contribution in [3.63, 3.8) is 0 Å². The fraction of sp³-hybridized carbons (Fsp3) is 0.429. The van der Waals surface area contributed by atoms with Gasteiger partial charge in [0.25, 0.3) is 5.91 Å². The van der Waals surface area contributed by atoms with E-state index in [0.717, 1.165) is 9.99 Å². The van der Waals surface area contributed by atoms with Crippen molar-refractivity contribution in [2.75, 3.05) is 13.2 Å². The molecule has 1 amide bonds. The lowest BCUT2D eigenvalue weighted by Crippen LogP contribution is -2.41. The molecule has 2 rings (SSSR count). The highest BCUT2D eigenvalue weighted by molar-refractivity contribution is 14.1. The van der Waals surface area contributed by atoms with E-state index in [1.165, 1.54) is 0 Å². The fourth-order valence-corrected chi connectivity index (χ4v) is 2.90. The normalized spacial score (nSPS) is 18.4. The van der Waals surface area contributed by atoms with Gasteiger partial charge in [-0.15, -0.1) is 0 Å². The van der Waals surface area contributed by atoms with E-state index in [0.29, 0.717) is 25.1 Å². The van der Waals surface area contributed by atoms with Crippen molar-refractivity contribution in [1.82, 2.24) is 4.90 Å². The van der Waals surface area contributed by atoms with Crippen LogP contribution in [0.2, 0.25) is 0 Å². The van der Waals surface area contributed by atoms with Crippen molar-refractivity contribution in [2.24, 2.45) is 0 Å². The average Bonchev–Trinajstić information content (AvgIpc) is 2.88. The number of hydrogen-bond donors (Lipinski definition) is 0. The maximum Gasteiger partial charge on any atom is 0.328 e. The van der Waals surface area contributed by atoms with Crippen LogP contribution >= 0.6 is 22.6 Å². The van der Waals surface area contributed by atoms with Crippen LogP contribution in [0.1, 0.15) is 30.1 Å². The molecule has 1 saturated heterocycles. The molecule has 19 heavy (non-hydrogen) atoms. The van der Waals surface area contributed by atoms with Crippen LogP contribution in [-0.4, -0.2) is 36.0 Å². The van der Waals surface area contributed by atoms with Gasteiger partial charge in [0, 0.05) is 10.1 Å². The second-order valence-electron chi connectivity index (χ2n) is 4.39. The van der Waals surface area contributed by atoms with Crippen molar-refractivity contribution in [3.05, 3.63) is 33.4 Å². The van der Waals surface area contributed by atoms with Gasteiger partial charge in [-0.3, -0.25) is 4.79 Å². The van der Waals surface area contributed by atoms with Crippen LogP contribution in [0.4, 0.5) is 0 Å². The molecule has 1 aliphatic rings. The molecule has 0 bridgehead atoms. The van der Waals surface area contributed by atoms with E-state index in [-0.39, 0.29) is 11.9 Å². The molecule has 0 aliphatic carbocycles. The smallest absolute Gasteiger partial charge is 0.328 e. The van der Waals surface area contributed by atoms with E-state index >= 15 is 0 Å². The van der Waals surface area contributed by atoms with Crippen molar-refractivity contribution in [3.8, 4) is 0 Å². The van der Waals surface area contributed by atoms with Crippen molar-refractivity contribution in [2.45, 2.75) is 25.8 Å². The minimum Gasteiger partial charge on any atom is -0.464 e. The van der Waals surface area contributed by atoms with Gasteiger partial charge in [-0.1, -0.05) is 12.1 Å². The number of nitrogens with zero attached hydrogens (tertiary/aromatic N) is 1. The summed E-state index contributed by atoms with van der Waals surface area (Å²) in [5, 5.41) is 0. The zero-order valence-corrected chi connectivity index (χ0v) is 12.9. The van der Waals surface area contributed by atoms with Gasteiger partial charge in [0.15, 0.2) is 0 Å². The standard InChI is InChI=1S/C14H16INO3/c1-2-19-14(18)12-8-5-9-16(12)13(17)10-6-3-4-7-11(10)15/h3-4,6-7,12H,2,5,8-9H2,1H3/t12-/m0/s1. The van der Waals surface area contributed by atoms with Crippen molar-refractivity contribution in [1.29, 1.82) is 0 Å². The molecular weight excluding hydrogens is 357 g/mol. The Hall–Kier alpha value is -1.11. The second-order valence-corrected chi connectivity index (χ2v) is 5.55. The minimum atomic E-state index is -0.427. The number of hydrogen-bond acceptors (Lipinski definition) is 3. The molecule has 0 unspecified atom stereocenters. The summed E-state index contributed by atoms with van der Waals surface area (Å²) in [6.45, 7) is 2.74. The van der Waals surface area contributed by atoms with E-state index in [2.05, 4.69) is 22.6 Å². The Bertz CT molecular complexity index is 489. The first-order chi connectivity index (χ1) is 9.15. The molecule has 0 radical (unpaired) electrons. The predicted molar refractivity (Wildman–Crippen MR) is 79.9 cm³/mol. The quantitative estimate of drug-likeness (QED) is 0.604. The van der Waals surface area contributed by atoms with Gasteiger partial charge in [0.1, 0.15) is 6.04 Å². The maximum atomic E-state index is 12.5. The molecule has 0 aromatic heterocycles. The highest BCUT2D eigenvalue weighted by atomic mass is 127. The summed E-state index contributed by atoms with van der Waals surface area (Å²) in [4.78, 5) is 26.0. The molecule has 5 heteroatoms. The summed E-state index contributed by atoms with van der Waals surface area (Å²) in [6.07, 6.45) is 1.53. The molecule has 0 N–H and O–H groups in total. The number of esters is 1. The molecule has 0 spiro atoms. The van der Waals surface area contributed by atoms with Crippen LogP contribution in [-0.2, 0) is 9.53 Å². The molecule has 1 atom stereocenters. The lowest BCUT2D eigenvalue weighted by molar-refractivity contribution is -0.147. The number of carbonyl (C=O) groups excluding carboxylic acids is 2. The first kappa shape index (κ1) is 14.3. The SMILES string of the molecule is CCOC(=O)[C@@H]1CCCN1C(=O)c1ccccc1I. The summed E-state index contributed by atoms with van der Waals surface area (Å²) >= 11 is 2.14. The van der Waals surface area contributed by atoms with E-state index in [1.54, 1.807) is 17.9 Å². The molecular formula is C14H16INO3. The third-order valence-electron chi connectivity index (χ3n) is 3.18. The summed E-state index contributed by atoms with van der Waals surface area (Å²) in [5.41, 5.74) is 0.652. The number of benzene rings is 1. The fourth-order valence-electron chi connectivity index (χ4n) is 2.28. The molecule has 102 valence electrons. The molecule has 1 fully saturated rings. The first-order valence-electron chi connectivity index (χ1n) is 6.37. The Labute approximate surface area is 126 Å². The summed E-state index contributed by atoms with van der Waals surface area (Å²) < 4.78 is 5.94. The first-order valence-corrected chi connectivity index (χ1v) is 7.45. The predicted octanol–water partition coefficient (Wildman–Crippen LogP) is 2.46. The summed E-state index contributed by atoms with van der Waals surface area (Å²) in [7, 11) is 0. The molecule has 4 nitrogen and oxygen atoms in total. The maximum absolute atomic E-state index is 12.5. The number of carbonyl (C=O) groups is 2. The Kier molecular flexibility index (Phi) is 4.79. The zero-order valence-electron chi connectivity index (χ0n) is 10.8. The van der Waals surface area contributed by atoms with Gasteiger partial charge in [-0.05, 0) is 54.5 Å². The molecule has 0 saturated carbocycles. The van der Waals surface area contributed by atoms with Gasteiger partial charge in [0.05, 0.1) is 12.2 Å². The molecule has 1 aromatic rings. The number of rotatable bonds is 3. The molecule has 1 heterocycles. The monoisotopic (exact) mass is 373 g/mol. The summed E-state index contributed by atoms with van der Waals surface area (Å²) in [6, 6.07) is 6.99. The van der Waals surface area contributed by atoms with Gasteiger partial charge in [0.2, 0.25) is 0 Å². The Morgan fingerprint density at radius 2 is 2.16 bits per heavy atom. The number of likely N-dealkylation sites (tertiary alicyclic amines) is 1. The van der Waals surface area contributed by atoms with Crippen LogP contribution in [0, 0.1) is 3.57 Å². The van der Waals surface area contributed by atoms with Gasteiger partial charge in [-0.2, -0.15) is 0 Å².